The van der Waals surface area contributed by atoms with Crippen LogP contribution in [0.5, 0.6) is 0 Å². The molecule has 7 heteroatoms. The monoisotopic (exact) mass is 366 g/mol. The van der Waals surface area contributed by atoms with E-state index in [1.165, 1.54) is 10.8 Å². The maximum absolute atomic E-state index is 12.4. The molecule has 7 nitrogen and oxygen atoms in total. The van der Waals surface area contributed by atoms with Crippen LogP contribution in [0.3, 0.4) is 0 Å². The molecule has 1 unspecified atom stereocenters. The van der Waals surface area contributed by atoms with Gasteiger partial charge in [0.05, 0.1) is 12.2 Å². The summed E-state index contributed by atoms with van der Waals surface area (Å²) in [4.78, 5) is 26.4. The fourth-order valence-corrected chi connectivity index (χ4v) is 3.98. The predicted molar refractivity (Wildman–Crippen MR) is 97.4 cm³/mol. The second kappa shape index (κ2) is 6.04. The molecule has 2 aliphatic rings. The van der Waals surface area contributed by atoms with E-state index in [9.17, 15) is 9.59 Å². The normalized spacial score (nSPS) is 31.6. The molecule has 0 amide bonds. The van der Waals surface area contributed by atoms with E-state index in [-0.39, 0.29) is 22.7 Å². The van der Waals surface area contributed by atoms with Gasteiger partial charge in [-0.25, -0.2) is 4.79 Å². The standard InChI is InChI=1S/C19H30N2O5/c1-11-8-21(16(23)20-14(11)22)15-12-13(25-18(5,6)7)19(26-15,10-24-12)9-17(2,3)4/h8,12-13,15H,9-10H2,1-7H3,(H,20,22,23)/t12?,13-,15-,19+/m1/s1. The van der Waals surface area contributed by atoms with Gasteiger partial charge in [-0.15, -0.1) is 0 Å². The van der Waals surface area contributed by atoms with Crippen LogP contribution in [0.15, 0.2) is 15.8 Å². The van der Waals surface area contributed by atoms with Gasteiger partial charge in [0.15, 0.2) is 6.23 Å². The highest BCUT2D eigenvalue weighted by Crippen LogP contribution is 2.51. The van der Waals surface area contributed by atoms with Gasteiger partial charge in [-0.2, -0.15) is 0 Å². The smallest absolute Gasteiger partial charge is 0.330 e. The Morgan fingerprint density at radius 1 is 1.27 bits per heavy atom. The molecule has 0 aliphatic carbocycles. The molecule has 26 heavy (non-hydrogen) atoms. The first-order chi connectivity index (χ1) is 11.8. The van der Waals surface area contributed by atoms with Crippen LogP contribution < -0.4 is 11.2 Å². The molecule has 0 radical (unpaired) electrons. The van der Waals surface area contributed by atoms with E-state index in [0.29, 0.717) is 12.2 Å². The lowest BCUT2D eigenvalue weighted by atomic mass is 9.80. The van der Waals surface area contributed by atoms with E-state index in [1.807, 2.05) is 20.8 Å². The summed E-state index contributed by atoms with van der Waals surface area (Å²) < 4.78 is 20.2. The van der Waals surface area contributed by atoms with Gasteiger partial charge in [0.1, 0.15) is 17.8 Å². The Morgan fingerprint density at radius 3 is 2.50 bits per heavy atom. The van der Waals surface area contributed by atoms with Crippen molar-refractivity contribution in [3.63, 3.8) is 0 Å². The lowest BCUT2D eigenvalue weighted by molar-refractivity contribution is -0.189. The van der Waals surface area contributed by atoms with E-state index < -0.39 is 23.6 Å². The van der Waals surface area contributed by atoms with Crippen molar-refractivity contribution in [3.05, 3.63) is 32.6 Å². The zero-order valence-electron chi connectivity index (χ0n) is 16.7. The van der Waals surface area contributed by atoms with Crippen LogP contribution in [0, 0.1) is 12.3 Å². The summed E-state index contributed by atoms with van der Waals surface area (Å²) in [5.74, 6) is 0. The number of aromatic amines is 1. The van der Waals surface area contributed by atoms with Gasteiger partial charge in [0.2, 0.25) is 0 Å². The van der Waals surface area contributed by atoms with Crippen molar-refractivity contribution in [2.45, 2.75) is 84.5 Å². The largest absolute Gasteiger partial charge is 0.368 e. The van der Waals surface area contributed by atoms with Crippen LogP contribution in [-0.4, -0.2) is 39.6 Å². The minimum atomic E-state index is -0.624. The molecule has 4 atom stereocenters. The Bertz CT molecular complexity index is 798. The lowest BCUT2D eigenvalue weighted by Crippen LogP contribution is -2.47. The van der Waals surface area contributed by atoms with E-state index in [2.05, 4.69) is 25.8 Å². The van der Waals surface area contributed by atoms with E-state index in [4.69, 9.17) is 14.2 Å². The molecular weight excluding hydrogens is 336 g/mol. The number of H-pyrrole nitrogens is 1. The number of rotatable bonds is 3. The summed E-state index contributed by atoms with van der Waals surface area (Å²) >= 11 is 0. The third-order valence-corrected chi connectivity index (χ3v) is 4.70. The summed E-state index contributed by atoms with van der Waals surface area (Å²) in [5, 5.41) is 0. The first-order valence-electron chi connectivity index (χ1n) is 9.11. The molecule has 0 aromatic carbocycles. The maximum atomic E-state index is 12.4. The minimum absolute atomic E-state index is 0.00147. The summed E-state index contributed by atoms with van der Waals surface area (Å²) in [6.45, 7) is 14.5. The van der Waals surface area contributed by atoms with Crippen molar-refractivity contribution in [1.29, 1.82) is 0 Å². The van der Waals surface area contributed by atoms with Crippen LogP contribution in [0.2, 0.25) is 0 Å². The molecule has 2 aliphatic heterocycles. The maximum Gasteiger partial charge on any atom is 0.330 e. The van der Waals surface area contributed by atoms with Crippen molar-refractivity contribution in [2.75, 3.05) is 6.61 Å². The number of nitrogens with one attached hydrogen (secondary N) is 1. The molecule has 0 saturated carbocycles. The molecule has 1 aromatic rings. The third kappa shape index (κ3) is 3.52. The average molecular weight is 366 g/mol. The van der Waals surface area contributed by atoms with E-state index in [1.54, 1.807) is 6.92 Å². The highest BCUT2D eigenvalue weighted by molar-refractivity contribution is 5.11. The number of fused-ring (bicyclic) bond motifs is 2. The molecule has 1 N–H and O–H groups in total. The molecule has 3 heterocycles. The van der Waals surface area contributed by atoms with Crippen LogP contribution in [0.4, 0.5) is 0 Å². The first-order valence-corrected chi connectivity index (χ1v) is 9.11. The second-order valence-corrected chi connectivity index (χ2v) is 9.72. The molecule has 1 aromatic heterocycles. The van der Waals surface area contributed by atoms with Crippen LogP contribution in [0.1, 0.15) is 59.8 Å². The average Bonchev–Trinajstić information content (AvgIpc) is 2.90. The minimum Gasteiger partial charge on any atom is -0.368 e. The van der Waals surface area contributed by atoms with Crippen LogP contribution in [0.25, 0.3) is 0 Å². The molecule has 3 rings (SSSR count). The van der Waals surface area contributed by atoms with Crippen molar-refractivity contribution in [2.24, 2.45) is 5.41 Å². The molecule has 2 bridgehead atoms. The summed E-state index contributed by atoms with van der Waals surface area (Å²) in [7, 11) is 0. The fraction of sp³-hybridized carbons (Fsp3) is 0.789. The van der Waals surface area contributed by atoms with Gasteiger partial charge in [-0.1, -0.05) is 20.8 Å². The predicted octanol–water partition coefficient (Wildman–Crippen LogP) is 2.13. The van der Waals surface area contributed by atoms with E-state index >= 15 is 0 Å². The zero-order chi connectivity index (χ0) is 19.5. The Kier molecular flexibility index (Phi) is 4.49. The van der Waals surface area contributed by atoms with Crippen LogP contribution in [-0.2, 0) is 14.2 Å². The lowest BCUT2D eigenvalue weighted by Gasteiger charge is -2.38. The van der Waals surface area contributed by atoms with E-state index in [0.717, 1.165) is 6.42 Å². The first kappa shape index (κ1) is 19.3. The van der Waals surface area contributed by atoms with Gasteiger partial charge < -0.3 is 14.2 Å². The van der Waals surface area contributed by atoms with Crippen molar-refractivity contribution in [1.82, 2.24) is 9.55 Å². The zero-order valence-corrected chi connectivity index (χ0v) is 16.7. The Hall–Kier alpha value is -1.44. The van der Waals surface area contributed by atoms with Crippen LogP contribution >= 0.6 is 0 Å². The van der Waals surface area contributed by atoms with Crippen molar-refractivity contribution < 1.29 is 14.2 Å². The number of hydrogen-bond donors (Lipinski definition) is 1. The Labute approximate surface area is 153 Å². The Balaban J connectivity index is 2.03. The molecule has 2 saturated heterocycles. The summed E-state index contributed by atoms with van der Waals surface area (Å²) in [5.41, 5.74) is -1.43. The highest BCUT2D eigenvalue weighted by Gasteiger charge is 2.64. The summed E-state index contributed by atoms with van der Waals surface area (Å²) in [6.07, 6.45) is 0.964. The topological polar surface area (TPSA) is 82.6 Å². The molecule has 0 spiro atoms. The number of ether oxygens (including phenoxy) is 3. The van der Waals surface area contributed by atoms with Gasteiger partial charge in [0.25, 0.3) is 5.56 Å². The SMILES string of the molecule is Cc1cn([C@@H]2O[C@@]3(CC(C)(C)C)COC2[C@H]3OC(C)(C)C)c(=O)[nH]c1=O. The molecule has 2 fully saturated rings. The van der Waals surface area contributed by atoms with Gasteiger partial charge in [-0.05, 0) is 39.5 Å². The van der Waals surface area contributed by atoms with Gasteiger partial charge in [0, 0.05) is 11.8 Å². The molecular formula is C19H30N2O5. The number of aromatic nitrogens is 2. The number of hydrogen-bond acceptors (Lipinski definition) is 5. The molecule has 146 valence electrons. The highest BCUT2D eigenvalue weighted by atomic mass is 16.7. The van der Waals surface area contributed by atoms with Gasteiger partial charge in [-0.3, -0.25) is 14.3 Å². The Morgan fingerprint density at radius 2 is 1.92 bits per heavy atom. The van der Waals surface area contributed by atoms with Crippen molar-refractivity contribution >= 4 is 0 Å². The summed E-state index contributed by atoms with van der Waals surface area (Å²) in [6, 6.07) is 0. The quantitative estimate of drug-likeness (QED) is 0.886. The van der Waals surface area contributed by atoms with Crippen molar-refractivity contribution in [3.8, 4) is 0 Å². The third-order valence-electron chi connectivity index (χ3n) is 4.70. The fourth-order valence-electron chi connectivity index (χ4n) is 3.98. The second-order valence-electron chi connectivity index (χ2n) is 9.72. The van der Waals surface area contributed by atoms with Gasteiger partial charge >= 0.3 is 5.69 Å². The number of nitrogens with zero attached hydrogens (tertiary/aromatic N) is 1. The number of aryl methyl sites for hydroxylation is 1.